The maximum Gasteiger partial charge on any atom is 0.216 e. The zero-order valence-corrected chi connectivity index (χ0v) is 17.6. The van der Waals surface area contributed by atoms with Crippen molar-refractivity contribution in [1.82, 2.24) is 16.0 Å². The van der Waals surface area contributed by atoms with Gasteiger partial charge in [0.15, 0.2) is 5.96 Å². The monoisotopic (exact) mass is 422 g/mol. The number of halogens is 1. The number of carbonyl (C=O) groups is 1. The summed E-state index contributed by atoms with van der Waals surface area (Å²) in [6.45, 7) is 4.30. The second kappa shape index (κ2) is 13.1. The van der Waals surface area contributed by atoms with E-state index in [0.29, 0.717) is 13.1 Å². The van der Waals surface area contributed by atoms with Crippen LogP contribution in [0.5, 0.6) is 0 Å². The van der Waals surface area contributed by atoms with Gasteiger partial charge in [-0.15, -0.1) is 11.8 Å². The standard InChI is InChI=1S/C20H27ClN4O2S/c1-16(26)22-10-3-11-23-20(24-12-9-18-4-2-14-27-18)25-13-15-28-19-7-5-17(21)6-8-19/h2,4-8,14H,3,9-13,15H2,1H3,(H,22,26)(H2,23,24,25). The van der Waals surface area contributed by atoms with E-state index in [1.54, 1.807) is 18.0 Å². The van der Waals surface area contributed by atoms with Crippen molar-refractivity contribution in [1.29, 1.82) is 0 Å². The second-order valence-corrected chi connectivity index (χ2v) is 7.66. The number of aliphatic imine (C=N–C) groups is 1. The molecule has 0 aliphatic heterocycles. The average molecular weight is 423 g/mol. The van der Waals surface area contributed by atoms with Crippen LogP contribution in [0.4, 0.5) is 0 Å². The Balaban J connectivity index is 1.73. The number of hydrogen-bond donors (Lipinski definition) is 3. The van der Waals surface area contributed by atoms with Crippen molar-refractivity contribution in [2.24, 2.45) is 4.99 Å². The third-order valence-corrected chi connectivity index (χ3v) is 4.97. The molecule has 1 aromatic carbocycles. The zero-order chi connectivity index (χ0) is 20.0. The van der Waals surface area contributed by atoms with Crippen molar-refractivity contribution >= 4 is 35.2 Å². The summed E-state index contributed by atoms with van der Waals surface area (Å²) in [5.74, 6) is 2.60. The number of rotatable bonds is 11. The maximum absolute atomic E-state index is 10.9. The van der Waals surface area contributed by atoms with E-state index < -0.39 is 0 Å². The average Bonchev–Trinajstić information content (AvgIpc) is 3.19. The van der Waals surface area contributed by atoms with Crippen LogP contribution in [-0.2, 0) is 11.2 Å². The van der Waals surface area contributed by atoms with Gasteiger partial charge in [-0.2, -0.15) is 0 Å². The van der Waals surface area contributed by atoms with E-state index in [9.17, 15) is 4.79 Å². The van der Waals surface area contributed by atoms with Crippen molar-refractivity contribution in [3.05, 3.63) is 53.4 Å². The lowest BCUT2D eigenvalue weighted by molar-refractivity contribution is -0.118. The Morgan fingerprint density at radius 3 is 2.61 bits per heavy atom. The first-order chi connectivity index (χ1) is 13.6. The fraction of sp³-hybridized carbons (Fsp3) is 0.400. The molecule has 0 radical (unpaired) electrons. The van der Waals surface area contributed by atoms with Crippen molar-refractivity contribution in [2.45, 2.75) is 24.7 Å². The van der Waals surface area contributed by atoms with Crippen LogP contribution >= 0.6 is 23.4 Å². The van der Waals surface area contributed by atoms with Crippen LogP contribution in [-0.4, -0.2) is 43.8 Å². The van der Waals surface area contributed by atoms with E-state index in [-0.39, 0.29) is 5.91 Å². The molecule has 6 nitrogen and oxygen atoms in total. The summed E-state index contributed by atoms with van der Waals surface area (Å²) < 4.78 is 5.35. The largest absolute Gasteiger partial charge is 0.469 e. The van der Waals surface area contributed by atoms with E-state index >= 15 is 0 Å². The predicted octanol–water partition coefficient (Wildman–Crippen LogP) is 3.33. The Hall–Kier alpha value is -2.12. The van der Waals surface area contributed by atoms with Gasteiger partial charge in [-0.05, 0) is 42.8 Å². The molecule has 1 aromatic heterocycles. The summed E-state index contributed by atoms with van der Waals surface area (Å²) >= 11 is 7.67. The molecule has 3 N–H and O–H groups in total. The van der Waals surface area contributed by atoms with Crippen LogP contribution in [0, 0.1) is 0 Å². The molecule has 2 rings (SSSR count). The van der Waals surface area contributed by atoms with Crippen LogP contribution in [0.15, 0.2) is 57.0 Å². The van der Waals surface area contributed by atoms with Crippen molar-refractivity contribution in [3.63, 3.8) is 0 Å². The van der Waals surface area contributed by atoms with Gasteiger partial charge in [-0.25, -0.2) is 0 Å². The highest BCUT2D eigenvalue weighted by Crippen LogP contribution is 2.19. The normalized spacial score (nSPS) is 11.3. The van der Waals surface area contributed by atoms with Gasteiger partial charge in [0.2, 0.25) is 5.91 Å². The Kier molecular flexibility index (Phi) is 10.4. The quantitative estimate of drug-likeness (QED) is 0.224. The van der Waals surface area contributed by atoms with Crippen molar-refractivity contribution < 1.29 is 9.21 Å². The van der Waals surface area contributed by atoms with E-state index in [1.807, 2.05) is 36.4 Å². The number of thioether (sulfide) groups is 1. The Bertz CT molecular complexity index is 720. The number of furan rings is 1. The van der Waals surface area contributed by atoms with Gasteiger partial charge in [0.05, 0.1) is 6.26 Å². The molecule has 0 aliphatic carbocycles. The van der Waals surface area contributed by atoms with Gasteiger partial charge < -0.3 is 20.4 Å². The van der Waals surface area contributed by atoms with Crippen LogP contribution in [0.3, 0.4) is 0 Å². The molecule has 2 aromatic rings. The van der Waals surface area contributed by atoms with E-state index in [4.69, 9.17) is 16.0 Å². The highest BCUT2D eigenvalue weighted by molar-refractivity contribution is 7.99. The third kappa shape index (κ3) is 9.71. The lowest BCUT2D eigenvalue weighted by Gasteiger charge is -2.12. The summed E-state index contributed by atoms with van der Waals surface area (Å²) in [7, 11) is 0. The van der Waals surface area contributed by atoms with Gasteiger partial charge in [0, 0.05) is 55.2 Å². The minimum Gasteiger partial charge on any atom is -0.469 e. The fourth-order valence-corrected chi connectivity index (χ4v) is 3.23. The van der Waals surface area contributed by atoms with Crippen LogP contribution < -0.4 is 16.0 Å². The molecule has 0 saturated heterocycles. The number of nitrogens with one attached hydrogen (secondary N) is 3. The fourth-order valence-electron chi connectivity index (χ4n) is 2.34. The molecule has 1 heterocycles. The minimum absolute atomic E-state index is 0.0156. The molecule has 8 heteroatoms. The SMILES string of the molecule is CC(=O)NCCCN=C(NCCSc1ccc(Cl)cc1)NCCc1ccco1. The third-order valence-electron chi connectivity index (χ3n) is 3.70. The predicted molar refractivity (Wildman–Crippen MR) is 116 cm³/mol. The van der Waals surface area contributed by atoms with Crippen molar-refractivity contribution in [3.8, 4) is 0 Å². The number of benzene rings is 1. The van der Waals surface area contributed by atoms with Crippen molar-refractivity contribution in [2.75, 3.05) is 31.9 Å². The number of carbonyl (C=O) groups excluding carboxylic acids is 1. The molecular weight excluding hydrogens is 396 g/mol. The second-order valence-electron chi connectivity index (χ2n) is 6.05. The summed E-state index contributed by atoms with van der Waals surface area (Å²) in [6, 6.07) is 11.7. The van der Waals surface area contributed by atoms with Crippen LogP contribution in [0.1, 0.15) is 19.1 Å². The van der Waals surface area contributed by atoms with Gasteiger partial charge in [-0.3, -0.25) is 9.79 Å². The van der Waals surface area contributed by atoms with Gasteiger partial charge in [0.1, 0.15) is 5.76 Å². The maximum atomic E-state index is 10.9. The minimum atomic E-state index is -0.0156. The van der Waals surface area contributed by atoms with Crippen LogP contribution in [0.25, 0.3) is 0 Å². The molecule has 1 amide bonds. The Morgan fingerprint density at radius 2 is 1.89 bits per heavy atom. The lowest BCUT2D eigenvalue weighted by atomic mass is 10.3. The number of guanidine groups is 1. The molecule has 28 heavy (non-hydrogen) atoms. The molecule has 0 aliphatic rings. The molecule has 0 bridgehead atoms. The van der Waals surface area contributed by atoms with E-state index in [1.165, 1.54) is 11.8 Å². The first kappa shape index (κ1) is 22.2. The highest BCUT2D eigenvalue weighted by Gasteiger charge is 2.01. The Morgan fingerprint density at radius 1 is 1.11 bits per heavy atom. The first-order valence-electron chi connectivity index (χ1n) is 9.31. The number of hydrogen-bond acceptors (Lipinski definition) is 4. The molecule has 0 spiro atoms. The first-order valence-corrected chi connectivity index (χ1v) is 10.7. The number of amides is 1. The summed E-state index contributed by atoms with van der Waals surface area (Å²) in [5.41, 5.74) is 0. The van der Waals surface area contributed by atoms with E-state index in [0.717, 1.165) is 48.4 Å². The number of nitrogens with zero attached hydrogens (tertiary/aromatic N) is 1. The van der Waals surface area contributed by atoms with Gasteiger partial charge in [-0.1, -0.05) is 11.6 Å². The topological polar surface area (TPSA) is 78.7 Å². The van der Waals surface area contributed by atoms with E-state index in [2.05, 4.69) is 20.9 Å². The molecular formula is C20H27ClN4O2S. The molecule has 0 saturated carbocycles. The lowest BCUT2D eigenvalue weighted by Crippen LogP contribution is -2.39. The smallest absolute Gasteiger partial charge is 0.216 e. The highest BCUT2D eigenvalue weighted by atomic mass is 35.5. The zero-order valence-electron chi connectivity index (χ0n) is 16.0. The summed E-state index contributed by atoms with van der Waals surface area (Å²) in [6.07, 6.45) is 3.27. The summed E-state index contributed by atoms with van der Waals surface area (Å²) in [5, 5.41) is 10.2. The molecule has 0 fully saturated rings. The van der Waals surface area contributed by atoms with Gasteiger partial charge in [0.25, 0.3) is 0 Å². The molecule has 0 unspecified atom stereocenters. The van der Waals surface area contributed by atoms with Crippen LogP contribution in [0.2, 0.25) is 5.02 Å². The molecule has 0 atom stereocenters. The Labute approximate surface area is 175 Å². The summed E-state index contributed by atoms with van der Waals surface area (Å²) in [4.78, 5) is 16.7. The van der Waals surface area contributed by atoms with Gasteiger partial charge >= 0.3 is 0 Å². The molecule has 152 valence electrons.